The van der Waals surface area contributed by atoms with Crippen molar-refractivity contribution in [3.8, 4) is 11.5 Å². The summed E-state index contributed by atoms with van der Waals surface area (Å²) < 4.78 is 11.3. The molecule has 1 heterocycles. The molecule has 0 spiro atoms. The summed E-state index contributed by atoms with van der Waals surface area (Å²) in [6.07, 6.45) is 1.18. The van der Waals surface area contributed by atoms with E-state index in [0.717, 1.165) is 22.2 Å². The Morgan fingerprint density at radius 2 is 1.92 bits per heavy atom. The predicted octanol–water partition coefficient (Wildman–Crippen LogP) is 3.68. The second kappa shape index (κ2) is 6.81. The SMILES string of the molecule is CCOc1cc2nc3c(c(Cl)c2cc1OCC)C[C@H](C[N+](=O)[O-])C3. The van der Waals surface area contributed by atoms with E-state index in [4.69, 9.17) is 21.1 Å². The summed E-state index contributed by atoms with van der Waals surface area (Å²) in [4.78, 5) is 15.2. The first-order valence-corrected chi connectivity index (χ1v) is 8.43. The van der Waals surface area contributed by atoms with Crippen LogP contribution in [-0.2, 0) is 12.8 Å². The van der Waals surface area contributed by atoms with Gasteiger partial charge in [-0.25, -0.2) is 0 Å². The van der Waals surface area contributed by atoms with Crippen LogP contribution in [0.5, 0.6) is 11.5 Å². The molecule has 0 unspecified atom stereocenters. The number of benzene rings is 1. The summed E-state index contributed by atoms with van der Waals surface area (Å²) in [7, 11) is 0. The molecule has 0 N–H and O–H groups in total. The number of fused-ring (bicyclic) bond motifs is 2. The highest BCUT2D eigenvalue weighted by atomic mass is 35.5. The van der Waals surface area contributed by atoms with Crippen molar-refractivity contribution < 1.29 is 14.4 Å². The standard InChI is InChI=1S/C17H19ClN2O4/c1-3-23-15-7-12-14(8-16(15)24-4-2)19-13-6-10(9-20(21)22)5-11(13)17(12)18/h7-8,10H,3-6,9H2,1-2H3/t10-/m0/s1. The molecule has 0 saturated carbocycles. The second-order valence-electron chi connectivity index (χ2n) is 5.82. The predicted molar refractivity (Wildman–Crippen MR) is 91.9 cm³/mol. The van der Waals surface area contributed by atoms with E-state index < -0.39 is 0 Å². The fraction of sp³-hybridized carbons (Fsp3) is 0.471. The van der Waals surface area contributed by atoms with Crippen molar-refractivity contribution in [1.29, 1.82) is 0 Å². The first-order chi connectivity index (χ1) is 11.5. The van der Waals surface area contributed by atoms with E-state index in [9.17, 15) is 10.1 Å². The molecule has 1 atom stereocenters. The minimum Gasteiger partial charge on any atom is -0.490 e. The third-order valence-corrected chi connectivity index (χ3v) is 4.58. The zero-order valence-corrected chi connectivity index (χ0v) is 14.4. The molecule has 0 aliphatic heterocycles. The highest BCUT2D eigenvalue weighted by Gasteiger charge is 2.30. The molecule has 1 aromatic carbocycles. The summed E-state index contributed by atoms with van der Waals surface area (Å²) >= 11 is 6.58. The van der Waals surface area contributed by atoms with Gasteiger partial charge in [0.2, 0.25) is 6.54 Å². The van der Waals surface area contributed by atoms with Gasteiger partial charge in [0, 0.05) is 28.0 Å². The Labute approximate surface area is 144 Å². The Morgan fingerprint density at radius 3 is 2.54 bits per heavy atom. The molecule has 0 amide bonds. The summed E-state index contributed by atoms with van der Waals surface area (Å²) in [6, 6.07) is 3.68. The molecule has 7 heteroatoms. The van der Waals surface area contributed by atoms with Crippen molar-refractivity contribution >= 4 is 22.5 Å². The smallest absolute Gasteiger partial charge is 0.207 e. The van der Waals surface area contributed by atoms with Crippen LogP contribution in [0, 0.1) is 16.0 Å². The van der Waals surface area contributed by atoms with Crippen molar-refractivity contribution in [2.45, 2.75) is 26.7 Å². The molecule has 0 saturated heterocycles. The van der Waals surface area contributed by atoms with E-state index in [0.29, 0.717) is 42.6 Å². The van der Waals surface area contributed by atoms with Crippen molar-refractivity contribution in [3.05, 3.63) is 38.5 Å². The fourth-order valence-corrected chi connectivity index (χ4v) is 3.54. The van der Waals surface area contributed by atoms with Gasteiger partial charge >= 0.3 is 0 Å². The molecule has 0 bridgehead atoms. The molecule has 24 heavy (non-hydrogen) atoms. The molecule has 1 aliphatic carbocycles. The van der Waals surface area contributed by atoms with Crippen LogP contribution >= 0.6 is 11.6 Å². The first-order valence-electron chi connectivity index (χ1n) is 8.05. The highest BCUT2D eigenvalue weighted by molar-refractivity contribution is 6.36. The summed E-state index contributed by atoms with van der Waals surface area (Å²) in [6.45, 7) is 4.80. The molecule has 1 aromatic heterocycles. The molecule has 2 aromatic rings. The average Bonchev–Trinajstić information content (AvgIpc) is 2.91. The topological polar surface area (TPSA) is 74.5 Å². The minimum atomic E-state index is -0.273. The molecule has 128 valence electrons. The third kappa shape index (κ3) is 3.11. The summed E-state index contributed by atoms with van der Waals surface area (Å²) in [5.41, 5.74) is 2.50. The average molecular weight is 351 g/mol. The Morgan fingerprint density at radius 1 is 1.25 bits per heavy atom. The van der Waals surface area contributed by atoms with Gasteiger partial charge in [0.15, 0.2) is 11.5 Å². The zero-order valence-electron chi connectivity index (χ0n) is 13.7. The lowest BCUT2D eigenvalue weighted by atomic mass is 10.1. The molecular weight excluding hydrogens is 332 g/mol. The number of halogens is 1. The van der Waals surface area contributed by atoms with Gasteiger partial charge in [-0.15, -0.1) is 0 Å². The van der Waals surface area contributed by atoms with Crippen LogP contribution in [0.25, 0.3) is 10.9 Å². The van der Waals surface area contributed by atoms with Crippen molar-refractivity contribution in [1.82, 2.24) is 4.98 Å². The van der Waals surface area contributed by atoms with Gasteiger partial charge in [0.25, 0.3) is 0 Å². The van der Waals surface area contributed by atoms with E-state index in [1.165, 1.54) is 0 Å². The van der Waals surface area contributed by atoms with E-state index in [1.54, 1.807) is 0 Å². The van der Waals surface area contributed by atoms with Crippen molar-refractivity contribution in [3.63, 3.8) is 0 Å². The number of pyridine rings is 1. The molecule has 3 rings (SSSR count). The maximum Gasteiger partial charge on any atom is 0.207 e. The maximum absolute atomic E-state index is 10.8. The van der Waals surface area contributed by atoms with Crippen LogP contribution in [0.4, 0.5) is 0 Å². The normalized spacial score (nSPS) is 16.2. The lowest BCUT2D eigenvalue weighted by molar-refractivity contribution is -0.487. The third-order valence-electron chi connectivity index (χ3n) is 4.15. The number of hydrogen-bond acceptors (Lipinski definition) is 5. The second-order valence-corrected chi connectivity index (χ2v) is 6.20. The number of rotatable bonds is 6. The van der Waals surface area contributed by atoms with Crippen LogP contribution < -0.4 is 9.47 Å². The number of aromatic nitrogens is 1. The van der Waals surface area contributed by atoms with E-state index >= 15 is 0 Å². The van der Waals surface area contributed by atoms with Crippen LogP contribution in [-0.4, -0.2) is 29.7 Å². The Hall–Kier alpha value is -2.08. The Kier molecular flexibility index (Phi) is 4.76. The largest absolute Gasteiger partial charge is 0.490 e. The molecular formula is C17H19ClN2O4. The lowest BCUT2D eigenvalue weighted by Crippen LogP contribution is -2.14. The Bertz CT molecular complexity index is 794. The van der Waals surface area contributed by atoms with Gasteiger partial charge in [0.1, 0.15) is 0 Å². The molecule has 0 fully saturated rings. The molecule has 6 nitrogen and oxygen atoms in total. The zero-order chi connectivity index (χ0) is 17.3. The van der Waals surface area contributed by atoms with Crippen molar-refractivity contribution in [2.24, 2.45) is 5.92 Å². The van der Waals surface area contributed by atoms with Crippen molar-refractivity contribution in [2.75, 3.05) is 19.8 Å². The van der Waals surface area contributed by atoms with Gasteiger partial charge in [0.05, 0.1) is 23.8 Å². The first kappa shape index (κ1) is 16.8. The van der Waals surface area contributed by atoms with Crippen LogP contribution in [0.1, 0.15) is 25.1 Å². The summed E-state index contributed by atoms with van der Waals surface area (Å²) in [5.74, 6) is 1.22. The Balaban J connectivity index is 2.07. The van der Waals surface area contributed by atoms with E-state index in [-0.39, 0.29) is 17.4 Å². The van der Waals surface area contributed by atoms with Gasteiger partial charge < -0.3 is 9.47 Å². The van der Waals surface area contributed by atoms with E-state index in [2.05, 4.69) is 4.98 Å². The molecule has 0 radical (unpaired) electrons. The van der Waals surface area contributed by atoms with Crippen LogP contribution in [0.2, 0.25) is 5.02 Å². The van der Waals surface area contributed by atoms with Gasteiger partial charge in [-0.1, -0.05) is 11.6 Å². The van der Waals surface area contributed by atoms with Gasteiger partial charge in [-0.05, 0) is 38.3 Å². The minimum absolute atomic E-state index is 0.0467. The quantitative estimate of drug-likeness (QED) is 0.587. The monoisotopic (exact) mass is 350 g/mol. The fourth-order valence-electron chi connectivity index (χ4n) is 3.21. The van der Waals surface area contributed by atoms with E-state index in [1.807, 2.05) is 26.0 Å². The highest BCUT2D eigenvalue weighted by Crippen LogP contribution is 2.40. The number of ether oxygens (including phenoxy) is 2. The summed E-state index contributed by atoms with van der Waals surface area (Å²) in [5, 5.41) is 12.2. The van der Waals surface area contributed by atoms with Crippen LogP contribution in [0.15, 0.2) is 12.1 Å². The number of nitrogens with zero attached hydrogens (tertiary/aromatic N) is 2. The maximum atomic E-state index is 10.8. The van der Waals surface area contributed by atoms with Gasteiger partial charge in [-0.2, -0.15) is 0 Å². The number of hydrogen-bond donors (Lipinski definition) is 0. The lowest BCUT2D eigenvalue weighted by Gasteiger charge is -2.14. The van der Waals surface area contributed by atoms with Gasteiger partial charge in [-0.3, -0.25) is 15.1 Å². The molecule has 1 aliphatic rings. The number of nitro groups is 1. The van der Waals surface area contributed by atoms with Crippen LogP contribution in [0.3, 0.4) is 0 Å².